The van der Waals surface area contributed by atoms with Crippen LogP contribution < -0.4 is 19.7 Å². The first kappa shape index (κ1) is 14.5. The molecule has 0 bridgehead atoms. The Balaban J connectivity index is 1.90. The average molecular weight is 290 g/mol. The third-order valence-corrected chi connectivity index (χ3v) is 5.01. The van der Waals surface area contributed by atoms with Gasteiger partial charge < -0.3 is 19.7 Å². The fourth-order valence-electron chi connectivity index (χ4n) is 3.40. The van der Waals surface area contributed by atoms with E-state index in [1.807, 2.05) is 12.1 Å². The minimum absolute atomic E-state index is 0.220. The van der Waals surface area contributed by atoms with E-state index >= 15 is 0 Å². The summed E-state index contributed by atoms with van der Waals surface area (Å²) in [6.07, 6.45) is 2.71. The molecule has 1 aromatic carbocycles. The van der Waals surface area contributed by atoms with Crippen LogP contribution in [0.5, 0.6) is 11.5 Å². The van der Waals surface area contributed by atoms with Gasteiger partial charge in [0.25, 0.3) is 0 Å². The Morgan fingerprint density at radius 3 is 2.62 bits per heavy atom. The van der Waals surface area contributed by atoms with E-state index in [9.17, 15) is 0 Å². The van der Waals surface area contributed by atoms with Gasteiger partial charge >= 0.3 is 0 Å². The van der Waals surface area contributed by atoms with Gasteiger partial charge in [0.05, 0.1) is 19.9 Å². The van der Waals surface area contributed by atoms with Gasteiger partial charge in [-0.1, -0.05) is 0 Å². The number of rotatable bonds is 4. The smallest absolute Gasteiger partial charge is 0.145 e. The summed E-state index contributed by atoms with van der Waals surface area (Å²) in [5.41, 5.74) is 1.39. The van der Waals surface area contributed by atoms with E-state index in [2.05, 4.69) is 30.1 Å². The molecule has 2 fully saturated rings. The van der Waals surface area contributed by atoms with Crippen molar-refractivity contribution in [3.05, 3.63) is 18.2 Å². The largest absolute Gasteiger partial charge is 0.497 e. The summed E-state index contributed by atoms with van der Waals surface area (Å²) in [5.74, 6) is 2.54. The zero-order valence-electron chi connectivity index (χ0n) is 13.5. The van der Waals surface area contributed by atoms with Gasteiger partial charge in [-0.05, 0) is 44.7 Å². The number of hydrogen-bond acceptors (Lipinski definition) is 4. The normalized spacial score (nSPS) is 29.3. The van der Waals surface area contributed by atoms with Gasteiger partial charge in [-0.3, -0.25) is 0 Å². The number of hydrogen-bond donors (Lipinski definition) is 1. The average Bonchev–Trinajstić information content (AvgIpc) is 3.34. The van der Waals surface area contributed by atoms with Crippen LogP contribution in [0.3, 0.4) is 0 Å². The van der Waals surface area contributed by atoms with Crippen molar-refractivity contribution >= 4 is 5.69 Å². The monoisotopic (exact) mass is 290 g/mol. The molecule has 0 aromatic heterocycles. The number of nitrogens with zero attached hydrogens (tertiary/aromatic N) is 1. The van der Waals surface area contributed by atoms with Crippen LogP contribution in [0.4, 0.5) is 5.69 Å². The zero-order valence-corrected chi connectivity index (χ0v) is 13.5. The Kier molecular flexibility index (Phi) is 3.74. The molecule has 2 unspecified atom stereocenters. The maximum atomic E-state index is 5.59. The molecule has 21 heavy (non-hydrogen) atoms. The Hall–Kier alpha value is -1.42. The highest BCUT2D eigenvalue weighted by atomic mass is 16.5. The van der Waals surface area contributed by atoms with Gasteiger partial charge in [0, 0.05) is 30.7 Å². The van der Waals surface area contributed by atoms with Crippen molar-refractivity contribution in [1.82, 2.24) is 5.32 Å². The van der Waals surface area contributed by atoms with Crippen molar-refractivity contribution in [2.45, 2.75) is 38.3 Å². The standard InChI is InChI=1S/C17H26N2O2/c1-12-10-18-17(2,13-5-6-13)11-19(12)15-8-7-14(20-3)9-16(15)21-4/h7-9,12-13,18H,5-6,10-11H2,1-4H3. The molecule has 4 nitrogen and oxygen atoms in total. The second-order valence-corrected chi connectivity index (χ2v) is 6.59. The molecular formula is C17H26N2O2. The Labute approximate surface area is 127 Å². The molecule has 1 heterocycles. The first-order valence-electron chi connectivity index (χ1n) is 7.81. The number of ether oxygens (including phenoxy) is 2. The lowest BCUT2D eigenvalue weighted by Crippen LogP contribution is -2.63. The van der Waals surface area contributed by atoms with Gasteiger partial charge in [0.15, 0.2) is 0 Å². The van der Waals surface area contributed by atoms with Crippen LogP contribution in [0.2, 0.25) is 0 Å². The van der Waals surface area contributed by atoms with Gasteiger partial charge in [0.1, 0.15) is 11.5 Å². The molecule has 116 valence electrons. The highest BCUT2D eigenvalue weighted by Gasteiger charge is 2.45. The molecule has 1 aliphatic carbocycles. The number of nitrogens with one attached hydrogen (secondary N) is 1. The summed E-state index contributed by atoms with van der Waals surface area (Å²) in [6, 6.07) is 6.56. The van der Waals surface area contributed by atoms with Gasteiger partial charge in [0.2, 0.25) is 0 Å². The summed E-state index contributed by atoms with van der Waals surface area (Å²) in [5, 5.41) is 3.76. The van der Waals surface area contributed by atoms with Crippen LogP contribution in [0.25, 0.3) is 0 Å². The summed E-state index contributed by atoms with van der Waals surface area (Å²) < 4.78 is 10.9. The van der Waals surface area contributed by atoms with Crippen LogP contribution in [0, 0.1) is 5.92 Å². The Morgan fingerprint density at radius 1 is 1.24 bits per heavy atom. The van der Waals surface area contributed by atoms with E-state index in [-0.39, 0.29) is 5.54 Å². The van der Waals surface area contributed by atoms with Crippen molar-refractivity contribution in [3.8, 4) is 11.5 Å². The highest BCUT2D eigenvalue weighted by molar-refractivity contribution is 5.62. The molecule has 2 atom stereocenters. The summed E-state index contributed by atoms with van der Waals surface area (Å²) in [4.78, 5) is 2.48. The molecule has 1 N–H and O–H groups in total. The Morgan fingerprint density at radius 2 is 2.00 bits per heavy atom. The van der Waals surface area contributed by atoms with Crippen molar-refractivity contribution in [2.75, 3.05) is 32.2 Å². The molecule has 1 saturated carbocycles. The van der Waals surface area contributed by atoms with Crippen molar-refractivity contribution < 1.29 is 9.47 Å². The highest BCUT2D eigenvalue weighted by Crippen LogP contribution is 2.43. The minimum Gasteiger partial charge on any atom is -0.497 e. The molecule has 1 aromatic rings. The quantitative estimate of drug-likeness (QED) is 0.924. The van der Waals surface area contributed by atoms with E-state index in [0.29, 0.717) is 6.04 Å². The molecule has 0 radical (unpaired) electrons. The first-order chi connectivity index (χ1) is 10.1. The predicted octanol–water partition coefficient (Wildman–Crippen LogP) is 2.67. The van der Waals surface area contributed by atoms with Crippen molar-refractivity contribution in [2.24, 2.45) is 5.92 Å². The van der Waals surface area contributed by atoms with E-state index in [0.717, 1.165) is 30.5 Å². The zero-order chi connectivity index (χ0) is 15.0. The van der Waals surface area contributed by atoms with Crippen molar-refractivity contribution in [3.63, 3.8) is 0 Å². The van der Waals surface area contributed by atoms with E-state index in [1.54, 1.807) is 14.2 Å². The lowest BCUT2D eigenvalue weighted by atomic mass is 9.90. The van der Waals surface area contributed by atoms with Crippen LogP contribution in [-0.2, 0) is 0 Å². The molecule has 1 aliphatic heterocycles. The molecule has 4 heteroatoms. The second-order valence-electron chi connectivity index (χ2n) is 6.59. The third kappa shape index (κ3) is 2.69. The second kappa shape index (κ2) is 5.41. The number of benzene rings is 1. The van der Waals surface area contributed by atoms with Crippen LogP contribution in [0.15, 0.2) is 18.2 Å². The lowest BCUT2D eigenvalue weighted by molar-refractivity contribution is 0.259. The molecule has 0 amide bonds. The number of anilines is 1. The minimum atomic E-state index is 0.220. The Bertz CT molecular complexity index is 516. The fourth-order valence-corrected chi connectivity index (χ4v) is 3.40. The molecular weight excluding hydrogens is 264 g/mol. The molecule has 2 aliphatic rings. The van der Waals surface area contributed by atoms with Crippen LogP contribution >= 0.6 is 0 Å². The van der Waals surface area contributed by atoms with Crippen LogP contribution in [0.1, 0.15) is 26.7 Å². The SMILES string of the molecule is COc1ccc(N2CC(C)(C3CC3)NCC2C)c(OC)c1. The molecule has 1 saturated heterocycles. The topological polar surface area (TPSA) is 33.7 Å². The summed E-state index contributed by atoms with van der Waals surface area (Å²) >= 11 is 0. The predicted molar refractivity (Wildman–Crippen MR) is 85.5 cm³/mol. The first-order valence-corrected chi connectivity index (χ1v) is 7.81. The van der Waals surface area contributed by atoms with Crippen LogP contribution in [-0.4, -0.2) is 38.9 Å². The van der Waals surface area contributed by atoms with Crippen molar-refractivity contribution in [1.29, 1.82) is 0 Å². The molecule has 3 rings (SSSR count). The summed E-state index contributed by atoms with van der Waals surface area (Å²) in [7, 11) is 3.41. The fraction of sp³-hybridized carbons (Fsp3) is 0.647. The van der Waals surface area contributed by atoms with Gasteiger partial charge in [-0.2, -0.15) is 0 Å². The third-order valence-electron chi connectivity index (χ3n) is 5.01. The maximum Gasteiger partial charge on any atom is 0.145 e. The maximum absolute atomic E-state index is 5.59. The molecule has 0 spiro atoms. The van der Waals surface area contributed by atoms with Gasteiger partial charge in [-0.25, -0.2) is 0 Å². The summed E-state index contributed by atoms with van der Waals surface area (Å²) in [6.45, 7) is 6.67. The lowest BCUT2D eigenvalue weighted by Gasteiger charge is -2.47. The van der Waals surface area contributed by atoms with E-state index in [1.165, 1.54) is 18.5 Å². The number of methoxy groups -OCH3 is 2. The van der Waals surface area contributed by atoms with E-state index < -0.39 is 0 Å². The van der Waals surface area contributed by atoms with Gasteiger partial charge in [-0.15, -0.1) is 0 Å². The number of piperazine rings is 1. The van der Waals surface area contributed by atoms with E-state index in [4.69, 9.17) is 9.47 Å².